The third kappa shape index (κ3) is 8.91. The Morgan fingerprint density at radius 2 is 0.936 bits per heavy atom. The summed E-state index contributed by atoms with van der Waals surface area (Å²) in [5.74, 6) is 0. The topological polar surface area (TPSA) is 36.9 Å². The molecule has 0 saturated carbocycles. The maximum absolute atomic E-state index is 6.05. The van der Waals surface area contributed by atoms with Gasteiger partial charge in [0.1, 0.15) is 0 Å². The fourth-order valence-corrected chi connectivity index (χ4v) is 7.77. The van der Waals surface area contributed by atoms with E-state index in [0.717, 1.165) is 65.7 Å². The highest BCUT2D eigenvalue weighted by atomic mass is 16.5. The number of hydrogen-bond donors (Lipinski definition) is 0. The summed E-state index contributed by atoms with van der Waals surface area (Å²) in [7, 11) is 0. The third-order valence-electron chi connectivity index (χ3n) is 11.1. The van der Waals surface area contributed by atoms with Crippen molar-refractivity contribution in [1.82, 2.24) is 0 Å². The van der Waals surface area contributed by atoms with Gasteiger partial charge in [0, 0.05) is 29.5 Å². The maximum atomic E-state index is 6.05. The predicted octanol–water partition coefficient (Wildman–Crippen LogP) is 10.6. The minimum absolute atomic E-state index is 0.0673. The molecule has 5 rings (SSSR count). The van der Waals surface area contributed by atoms with Crippen molar-refractivity contribution in [2.75, 3.05) is 52.9 Å². The molecule has 2 fully saturated rings. The minimum Gasteiger partial charge on any atom is -0.381 e. The molecule has 2 aliphatic heterocycles. The molecule has 3 aliphatic rings. The van der Waals surface area contributed by atoms with Gasteiger partial charge in [-0.3, -0.25) is 0 Å². The number of fused-ring (bicyclic) bond motifs is 3. The summed E-state index contributed by atoms with van der Waals surface area (Å²) in [6.45, 7) is 25.4. The molecule has 2 heterocycles. The zero-order chi connectivity index (χ0) is 33.8. The highest BCUT2D eigenvalue weighted by Crippen LogP contribution is 2.55. The van der Waals surface area contributed by atoms with E-state index in [9.17, 15) is 0 Å². The van der Waals surface area contributed by atoms with Gasteiger partial charge >= 0.3 is 0 Å². The van der Waals surface area contributed by atoms with Crippen LogP contribution in [0.15, 0.2) is 36.4 Å². The van der Waals surface area contributed by atoms with Crippen LogP contribution in [0.5, 0.6) is 0 Å². The van der Waals surface area contributed by atoms with Crippen molar-refractivity contribution in [3.63, 3.8) is 0 Å². The Morgan fingerprint density at radius 3 is 1.28 bits per heavy atom. The van der Waals surface area contributed by atoms with Gasteiger partial charge in [-0.25, -0.2) is 0 Å². The van der Waals surface area contributed by atoms with E-state index >= 15 is 0 Å². The van der Waals surface area contributed by atoms with Gasteiger partial charge in [0.2, 0.25) is 0 Å². The molecule has 47 heavy (non-hydrogen) atoms. The van der Waals surface area contributed by atoms with Gasteiger partial charge in [0.25, 0.3) is 0 Å². The Bertz CT molecular complexity index is 1200. The van der Waals surface area contributed by atoms with Crippen molar-refractivity contribution in [1.29, 1.82) is 0 Å². The van der Waals surface area contributed by atoms with E-state index < -0.39 is 0 Å². The lowest BCUT2D eigenvalue weighted by molar-refractivity contribution is -0.137. The molecule has 2 saturated heterocycles. The predicted molar refractivity (Wildman–Crippen MR) is 196 cm³/mol. The first-order chi connectivity index (χ1) is 22.2. The summed E-state index contributed by atoms with van der Waals surface area (Å²) in [5.41, 5.74) is 9.81. The molecule has 2 aromatic carbocycles. The second kappa shape index (κ2) is 15.0. The standard InChI is InChI=1S/C43H66O4/c1-39(2,3)33-17-19-35-36-20-18-34(40(4,5)6)26-38(36)43(37(35)25-33,21-13-9-11-15-23-44-27-41(7)29-46-30-41)22-14-10-12-16-24-45-28-42(8)31-47-32-42/h17-20,25-26H,9-16,21-24,27-32H2,1-8H3. The molecule has 262 valence electrons. The number of hydrogen-bond acceptors (Lipinski definition) is 4. The van der Waals surface area contributed by atoms with E-state index in [1.807, 2.05) is 0 Å². The second-order valence-corrected chi connectivity index (χ2v) is 18.1. The van der Waals surface area contributed by atoms with Crippen LogP contribution in [0.1, 0.15) is 142 Å². The van der Waals surface area contributed by atoms with Crippen LogP contribution in [0.3, 0.4) is 0 Å². The van der Waals surface area contributed by atoms with Gasteiger partial charge in [-0.05, 0) is 69.9 Å². The summed E-state index contributed by atoms with van der Waals surface area (Å²) < 4.78 is 22.9. The van der Waals surface area contributed by atoms with E-state index in [2.05, 4.69) is 91.8 Å². The molecular weight excluding hydrogens is 580 g/mol. The maximum Gasteiger partial charge on any atom is 0.0564 e. The average Bonchev–Trinajstić information content (AvgIpc) is 3.25. The Hall–Kier alpha value is -1.72. The molecule has 0 bridgehead atoms. The SMILES string of the molecule is CC1(COCCCCCCC2(CCCCCCOCC3(C)COC3)c3cc(C(C)(C)C)ccc3-c3ccc(C(C)(C)C)cc32)COC1. The van der Waals surface area contributed by atoms with Crippen LogP contribution >= 0.6 is 0 Å². The smallest absolute Gasteiger partial charge is 0.0564 e. The largest absolute Gasteiger partial charge is 0.381 e. The number of ether oxygens (including phenoxy) is 4. The van der Waals surface area contributed by atoms with E-state index in [1.165, 1.54) is 73.6 Å². The molecule has 4 heteroatoms. The van der Waals surface area contributed by atoms with Crippen LogP contribution in [-0.2, 0) is 35.2 Å². The highest BCUT2D eigenvalue weighted by molar-refractivity contribution is 5.82. The molecule has 0 amide bonds. The molecular formula is C43H66O4. The van der Waals surface area contributed by atoms with Crippen LogP contribution in [0.2, 0.25) is 0 Å². The number of unbranched alkanes of at least 4 members (excludes halogenated alkanes) is 6. The number of rotatable bonds is 18. The molecule has 4 nitrogen and oxygen atoms in total. The van der Waals surface area contributed by atoms with Crippen LogP contribution in [-0.4, -0.2) is 52.9 Å². The van der Waals surface area contributed by atoms with Crippen LogP contribution in [0.4, 0.5) is 0 Å². The lowest BCUT2D eigenvalue weighted by Gasteiger charge is -2.37. The average molecular weight is 647 g/mol. The van der Waals surface area contributed by atoms with E-state index in [1.54, 1.807) is 11.1 Å². The Kier molecular flexibility index (Phi) is 11.7. The molecule has 0 unspecified atom stereocenters. The Morgan fingerprint density at radius 1 is 0.553 bits per heavy atom. The summed E-state index contributed by atoms with van der Waals surface area (Å²) in [5, 5.41) is 0. The Labute approximate surface area is 287 Å². The van der Waals surface area contributed by atoms with E-state index in [-0.39, 0.29) is 27.1 Å². The summed E-state index contributed by atoms with van der Waals surface area (Å²) in [4.78, 5) is 0. The fourth-order valence-electron chi connectivity index (χ4n) is 7.77. The zero-order valence-electron chi connectivity index (χ0n) is 31.3. The molecule has 1 aliphatic carbocycles. The van der Waals surface area contributed by atoms with Gasteiger partial charge in [-0.15, -0.1) is 0 Å². The third-order valence-corrected chi connectivity index (χ3v) is 11.1. The molecule has 0 N–H and O–H groups in total. The summed E-state index contributed by atoms with van der Waals surface area (Å²) in [6.07, 6.45) is 12.2. The lowest BCUT2D eigenvalue weighted by atomic mass is 9.69. The van der Waals surface area contributed by atoms with Crippen molar-refractivity contribution in [2.45, 2.75) is 136 Å². The van der Waals surface area contributed by atoms with Crippen molar-refractivity contribution in [3.8, 4) is 11.1 Å². The van der Waals surface area contributed by atoms with Gasteiger partial charge < -0.3 is 18.9 Å². The quantitative estimate of drug-likeness (QED) is 0.151. The van der Waals surface area contributed by atoms with Crippen molar-refractivity contribution in [2.24, 2.45) is 10.8 Å². The first kappa shape index (κ1) is 36.6. The van der Waals surface area contributed by atoms with E-state index in [0.29, 0.717) is 0 Å². The van der Waals surface area contributed by atoms with E-state index in [4.69, 9.17) is 18.9 Å². The normalized spacial score (nSPS) is 19.1. The van der Waals surface area contributed by atoms with Crippen molar-refractivity contribution >= 4 is 0 Å². The molecule has 0 spiro atoms. The Balaban J connectivity index is 1.29. The zero-order valence-corrected chi connectivity index (χ0v) is 31.3. The minimum atomic E-state index is 0.0673. The second-order valence-electron chi connectivity index (χ2n) is 18.1. The highest BCUT2D eigenvalue weighted by Gasteiger charge is 2.43. The van der Waals surface area contributed by atoms with Crippen LogP contribution in [0, 0.1) is 10.8 Å². The molecule has 0 radical (unpaired) electrons. The summed E-state index contributed by atoms with van der Waals surface area (Å²) >= 11 is 0. The van der Waals surface area contributed by atoms with Crippen molar-refractivity contribution < 1.29 is 18.9 Å². The van der Waals surface area contributed by atoms with Crippen molar-refractivity contribution in [3.05, 3.63) is 58.7 Å². The van der Waals surface area contributed by atoms with Gasteiger partial charge in [-0.2, -0.15) is 0 Å². The lowest BCUT2D eigenvalue weighted by Crippen LogP contribution is -2.43. The molecule has 2 aromatic rings. The van der Waals surface area contributed by atoms with Gasteiger partial charge in [0.05, 0.1) is 39.6 Å². The van der Waals surface area contributed by atoms with Crippen LogP contribution in [0.25, 0.3) is 11.1 Å². The van der Waals surface area contributed by atoms with Gasteiger partial charge in [0.15, 0.2) is 0 Å². The van der Waals surface area contributed by atoms with Gasteiger partial charge in [-0.1, -0.05) is 130 Å². The number of benzene rings is 2. The molecule has 0 aromatic heterocycles. The van der Waals surface area contributed by atoms with Crippen LogP contribution < -0.4 is 0 Å². The molecule has 0 atom stereocenters. The first-order valence-corrected chi connectivity index (χ1v) is 18.9. The fraction of sp³-hybridized carbons (Fsp3) is 0.721. The monoisotopic (exact) mass is 646 g/mol. The summed E-state index contributed by atoms with van der Waals surface area (Å²) in [6, 6.07) is 14.9. The first-order valence-electron chi connectivity index (χ1n) is 18.9.